The Kier molecular flexibility index (Phi) is 7.83. The summed E-state index contributed by atoms with van der Waals surface area (Å²) in [6, 6.07) is 11.8. The lowest BCUT2D eigenvalue weighted by Crippen LogP contribution is -2.42. The van der Waals surface area contributed by atoms with Gasteiger partial charge in [0.05, 0.1) is 6.54 Å². The molecule has 0 bridgehead atoms. The Morgan fingerprint density at radius 2 is 1.67 bits per heavy atom. The molecule has 0 saturated heterocycles. The zero-order valence-corrected chi connectivity index (χ0v) is 22.6. The molecular formula is C27H28ClF3N4O4. The van der Waals surface area contributed by atoms with E-state index in [1.807, 2.05) is 20.8 Å². The predicted molar refractivity (Wildman–Crippen MR) is 142 cm³/mol. The Morgan fingerprint density at radius 3 is 2.31 bits per heavy atom. The minimum atomic E-state index is -4.88. The van der Waals surface area contributed by atoms with Crippen LogP contribution in [0.2, 0.25) is 5.02 Å². The molecule has 0 aliphatic rings. The Balaban J connectivity index is 1.89. The van der Waals surface area contributed by atoms with Crippen LogP contribution in [0, 0.1) is 5.41 Å². The van der Waals surface area contributed by atoms with Crippen molar-refractivity contribution in [1.29, 1.82) is 0 Å². The molecule has 0 amide bonds. The number of hydrogen-bond acceptors (Lipinski definition) is 5. The van der Waals surface area contributed by atoms with Crippen molar-refractivity contribution < 1.29 is 22.6 Å². The maximum absolute atomic E-state index is 13.8. The van der Waals surface area contributed by atoms with Crippen LogP contribution < -0.4 is 20.7 Å². The first kappa shape index (κ1) is 28.3. The summed E-state index contributed by atoms with van der Waals surface area (Å²) < 4.78 is 52.1. The minimum absolute atomic E-state index is 0.00110. The Morgan fingerprint density at radius 1 is 1.00 bits per heavy atom. The molecule has 0 radical (unpaired) electrons. The Labute approximate surface area is 227 Å². The molecule has 0 saturated carbocycles. The molecule has 39 heavy (non-hydrogen) atoms. The van der Waals surface area contributed by atoms with E-state index in [1.165, 1.54) is 32.9 Å². The van der Waals surface area contributed by atoms with Crippen LogP contribution in [-0.2, 0) is 20.1 Å². The number of halogens is 4. The first-order chi connectivity index (χ1) is 18.3. The zero-order valence-electron chi connectivity index (χ0n) is 21.9. The van der Waals surface area contributed by atoms with Crippen LogP contribution in [0.15, 0.2) is 58.1 Å². The quantitative estimate of drug-likeness (QED) is 0.245. The molecule has 0 aliphatic carbocycles. The molecule has 12 heteroatoms. The average molecular weight is 565 g/mol. The third-order valence-corrected chi connectivity index (χ3v) is 6.46. The normalized spacial score (nSPS) is 12.2. The van der Waals surface area contributed by atoms with Crippen molar-refractivity contribution in [2.75, 3.05) is 0 Å². The van der Waals surface area contributed by atoms with Gasteiger partial charge in [-0.2, -0.15) is 4.98 Å². The first-order valence-electron chi connectivity index (χ1n) is 12.3. The van der Waals surface area contributed by atoms with Crippen molar-refractivity contribution in [2.45, 2.75) is 53.1 Å². The molecular weight excluding hydrogens is 537 g/mol. The summed E-state index contributed by atoms with van der Waals surface area (Å²) in [6.07, 6.45) is -3.20. The maximum Gasteiger partial charge on any atom is 0.573 e. The largest absolute Gasteiger partial charge is 0.573 e. The van der Waals surface area contributed by atoms with Crippen LogP contribution >= 0.6 is 11.6 Å². The van der Waals surface area contributed by atoms with Gasteiger partial charge in [0.15, 0.2) is 11.2 Å². The Hall–Kier alpha value is -3.73. The summed E-state index contributed by atoms with van der Waals surface area (Å²) in [5, 5.41) is 0.523. The second-order valence-electron chi connectivity index (χ2n) is 10.1. The van der Waals surface area contributed by atoms with Crippen molar-refractivity contribution >= 4 is 22.8 Å². The number of benzene rings is 2. The van der Waals surface area contributed by atoms with Crippen LogP contribution in [0.25, 0.3) is 11.2 Å². The maximum atomic E-state index is 13.8. The van der Waals surface area contributed by atoms with Gasteiger partial charge in [0.25, 0.3) is 5.56 Å². The van der Waals surface area contributed by atoms with E-state index in [0.29, 0.717) is 5.02 Å². The van der Waals surface area contributed by atoms with E-state index < -0.39 is 23.4 Å². The third kappa shape index (κ3) is 6.47. The highest BCUT2D eigenvalue weighted by Gasteiger charge is 2.31. The van der Waals surface area contributed by atoms with Gasteiger partial charge in [0.2, 0.25) is 0 Å². The average Bonchev–Trinajstić information content (AvgIpc) is 3.19. The number of rotatable bonds is 9. The van der Waals surface area contributed by atoms with Crippen LogP contribution in [-0.4, -0.2) is 25.0 Å². The SMILES string of the molecule is CCCC(C)(C)Cn1c(=O)c2c(nc(Oc3cccc(OC(F)(F)F)c3)n2Cc2ccc(Cl)cc2)n(C)c1=O. The van der Waals surface area contributed by atoms with Gasteiger partial charge >= 0.3 is 18.1 Å². The number of imidazole rings is 1. The van der Waals surface area contributed by atoms with Gasteiger partial charge in [-0.05, 0) is 41.7 Å². The van der Waals surface area contributed by atoms with Crippen molar-refractivity contribution in [3.05, 3.63) is 80.0 Å². The first-order valence-corrected chi connectivity index (χ1v) is 12.6. The predicted octanol–water partition coefficient (Wildman–Crippen LogP) is 6.12. The summed E-state index contributed by atoms with van der Waals surface area (Å²) >= 11 is 6.03. The van der Waals surface area contributed by atoms with E-state index in [0.717, 1.165) is 30.5 Å². The lowest BCUT2D eigenvalue weighted by Gasteiger charge is -2.24. The molecule has 0 atom stereocenters. The topological polar surface area (TPSA) is 80.3 Å². The van der Waals surface area contributed by atoms with E-state index in [1.54, 1.807) is 24.3 Å². The van der Waals surface area contributed by atoms with Crippen molar-refractivity contribution in [1.82, 2.24) is 18.7 Å². The number of alkyl halides is 3. The minimum Gasteiger partial charge on any atom is -0.425 e. The van der Waals surface area contributed by atoms with E-state index >= 15 is 0 Å². The lowest BCUT2D eigenvalue weighted by molar-refractivity contribution is -0.274. The number of ether oxygens (including phenoxy) is 2. The highest BCUT2D eigenvalue weighted by atomic mass is 35.5. The highest BCUT2D eigenvalue weighted by Crippen LogP contribution is 2.30. The number of hydrogen-bond donors (Lipinski definition) is 0. The van der Waals surface area contributed by atoms with Gasteiger partial charge in [-0.3, -0.25) is 18.5 Å². The van der Waals surface area contributed by atoms with Gasteiger partial charge in [-0.15, -0.1) is 13.2 Å². The third-order valence-electron chi connectivity index (χ3n) is 6.21. The molecule has 0 N–H and O–H groups in total. The van der Waals surface area contributed by atoms with Crippen molar-refractivity contribution in [3.63, 3.8) is 0 Å². The van der Waals surface area contributed by atoms with E-state index in [2.05, 4.69) is 9.72 Å². The zero-order chi connectivity index (χ0) is 28.5. The lowest BCUT2D eigenvalue weighted by atomic mass is 9.88. The summed E-state index contributed by atoms with van der Waals surface area (Å²) in [4.78, 5) is 31.5. The smallest absolute Gasteiger partial charge is 0.425 e. The van der Waals surface area contributed by atoms with E-state index in [-0.39, 0.29) is 41.4 Å². The van der Waals surface area contributed by atoms with Crippen molar-refractivity contribution in [3.8, 4) is 17.5 Å². The van der Waals surface area contributed by atoms with Gasteiger partial charge in [0, 0.05) is 24.7 Å². The van der Waals surface area contributed by atoms with Gasteiger partial charge in [-0.1, -0.05) is 57.0 Å². The number of aryl methyl sites for hydroxylation is 1. The standard InChI is InChI=1S/C27H28ClF3N4O4/c1-5-13-26(2,3)16-35-23(36)21-22(33(4)25(35)37)32-24(34(21)15-17-9-11-18(28)12-10-17)38-19-7-6-8-20(14-19)39-27(29,30)31/h6-12,14H,5,13,15-16H2,1-4H3. The highest BCUT2D eigenvalue weighted by molar-refractivity contribution is 6.30. The molecule has 2 heterocycles. The summed E-state index contributed by atoms with van der Waals surface area (Å²) in [6.45, 7) is 6.32. The molecule has 208 valence electrons. The van der Waals surface area contributed by atoms with Crippen LogP contribution in [0.4, 0.5) is 13.2 Å². The number of fused-ring (bicyclic) bond motifs is 1. The van der Waals surface area contributed by atoms with Gasteiger partial charge < -0.3 is 9.47 Å². The Bertz CT molecular complexity index is 1610. The van der Waals surface area contributed by atoms with Gasteiger partial charge in [-0.25, -0.2) is 4.79 Å². The summed E-state index contributed by atoms with van der Waals surface area (Å²) in [5.74, 6) is -0.480. The molecule has 8 nitrogen and oxygen atoms in total. The molecule has 0 aliphatic heterocycles. The fraction of sp³-hybridized carbons (Fsp3) is 0.370. The fourth-order valence-corrected chi connectivity index (χ4v) is 4.64. The molecule has 0 fully saturated rings. The van der Waals surface area contributed by atoms with Crippen molar-refractivity contribution in [2.24, 2.45) is 12.5 Å². The fourth-order valence-electron chi connectivity index (χ4n) is 4.51. The molecule has 2 aromatic heterocycles. The summed E-state index contributed by atoms with van der Waals surface area (Å²) in [7, 11) is 1.51. The van der Waals surface area contributed by atoms with Crippen LogP contribution in [0.1, 0.15) is 39.2 Å². The second-order valence-corrected chi connectivity index (χ2v) is 10.5. The molecule has 0 spiro atoms. The van der Waals surface area contributed by atoms with E-state index in [9.17, 15) is 22.8 Å². The van der Waals surface area contributed by atoms with Crippen LogP contribution in [0.3, 0.4) is 0 Å². The second kappa shape index (κ2) is 10.8. The van der Waals surface area contributed by atoms with E-state index in [4.69, 9.17) is 16.3 Å². The monoisotopic (exact) mass is 564 g/mol. The molecule has 0 unspecified atom stereocenters. The van der Waals surface area contributed by atoms with Crippen LogP contribution in [0.5, 0.6) is 17.5 Å². The molecule has 2 aromatic carbocycles. The van der Waals surface area contributed by atoms with Gasteiger partial charge in [0.1, 0.15) is 11.5 Å². The molecule has 4 rings (SSSR count). The number of aromatic nitrogens is 4. The summed E-state index contributed by atoms with van der Waals surface area (Å²) in [5.41, 5.74) is -0.428. The number of nitrogens with zero attached hydrogens (tertiary/aromatic N) is 4. The molecule has 4 aromatic rings.